The molecule has 34 heavy (non-hydrogen) atoms. The number of hydrogen-bond acceptors (Lipinski definition) is 6. The lowest BCUT2D eigenvalue weighted by Crippen LogP contribution is -2.40. The number of fused-ring (bicyclic) bond motifs is 4. The molecule has 3 aromatic rings. The first-order valence-electron chi connectivity index (χ1n) is 12.3. The van der Waals surface area contributed by atoms with Crippen molar-refractivity contribution in [1.82, 2.24) is 14.5 Å². The molecule has 4 heterocycles. The number of hydrogen-bond donors (Lipinski definition) is 0. The van der Waals surface area contributed by atoms with Gasteiger partial charge in [-0.1, -0.05) is 25.1 Å². The van der Waals surface area contributed by atoms with Crippen molar-refractivity contribution in [3.05, 3.63) is 56.4 Å². The average molecular weight is 479 g/mol. The van der Waals surface area contributed by atoms with Crippen LogP contribution in [0.15, 0.2) is 29.1 Å². The fourth-order valence-electron chi connectivity index (χ4n) is 5.53. The highest BCUT2D eigenvalue weighted by molar-refractivity contribution is 7.18. The third-order valence-electron chi connectivity index (χ3n) is 7.44. The lowest BCUT2D eigenvalue weighted by atomic mass is 9.89. The molecule has 0 saturated carbocycles. The molecule has 0 bridgehead atoms. The number of thiophene rings is 1. The first kappa shape index (κ1) is 21.9. The quantitative estimate of drug-likeness (QED) is 0.577. The number of morpholine rings is 1. The molecule has 8 heteroatoms. The average Bonchev–Trinajstić information content (AvgIpc) is 3.43. The van der Waals surface area contributed by atoms with Crippen molar-refractivity contribution in [3.8, 4) is 0 Å². The zero-order valence-corrected chi connectivity index (χ0v) is 20.4. The number of amides is 1. The Kier molecular flexibility index (Phi) is 5.75. The van der Waals surface area contributed by atoms with Crippen LogP contribution < -0.4 is 10.5 Å². The molecule has 0 unspecified atom stereocenters. The van der Waals surface area contributed by atoms with E-state index >= 15 is 0 Å². The number of anilines is 1. The fourth-order valence-corrected chi connectivity index (χ4v) is 6.92. The number of nitrogens with zero attached hydrogens (tertiary/aromatic N) is 4. The highest BCUT2D eigenvalue weighted by Gasteiger charge is 2.29. The Morgan fingerprint density at radius 3 is 2.85 bits per heavy atom. The summed E-state index contributed by atoms with van der Waals surface area (Å²) in [5.74, 6) is 1.27. The van der Waals surface area contributed by atoms with E-state index in [1.54, 1.807) is 15.9 Å². The summed E-state index contributed by atoms with van der Waals surface area (Å²) in [6, 6.07) is 8.04. The maximum atomic E-state index is 13.9. The summed E-state index contributed by atoms with van der Waals surface area (Å²) in [6.45, 7) is 6.48. The summed E-state index contributed by atoms with van der Waals surface area (Å²) in [5, 5.41) is 0.743. The number of para-hydroxylation sites is 1. The van der Waals surface area contributed by atoms with E-state index in [2.05, 4.69) is 17.9 Å². The summed E-state index contributed by atoms with van der Waals surface area (Å²) in [4.78, 5) is 38.6. The summed E-state index contributed by atoms with van der Waals surface area (Å²) < 4.78 is 7.16. The van der Waals surface area contributed by atoms with E-state index in [9.17, 15) is 9.59 Å². The molecule has 1 saturated heterocycles. The monoisotopic (exact) mass is 478 g/mol. The smallest absolute Gasteiger partial charge is 0.263 e. The molecule has 1 amide bonds. The van der Waals surface area contributed by atoms with Gasteiger partial charge in [-0.2, -0.15) is 0 Å². The maximum Gasteiger partial charge on any atom is 0.263 e. The van der Waals surface area contributed by atoms with Gasteiger partial charge < -0.3 is 9.64 Å². The zero-order chi connectivity index (χ0) is 23.2. The van der Waals surface area contributed by atoms with Crippen LogP contribution in [-0.4, -0.2) is 53.2 Å². The summed E-state index contributed by atoms with van der Waals surface area (Å²) in [6.07, 6.45) is 3.88. The van der Waals surface area contributed by atoms with Gasteiger partial charge in [0.25, 0.3) is 5.56 Å². The maximum absolute atomic E-state index is 13.9. The van der Waals surface area contributed by atoms with Gasteiger partial charge in [0, 0.05) is 30.2 Å². The molecular formula is C26H30N4O3S. The van der Waals surface area contributed by atoms with E-state index in [0.717, 1.165) is 54.7 Å². The van der Waals surface area contributed by atoms with Crippen molar-refractivity contribution in [3.63, 3.8) is 0 Å². The van der Waals surface area contributed by atoms with Crippen LogP contribution in [0.25, 0.3) is 10.2 Å². The molecule has 3 aliphatic rings. The van der Waals surface area contributed by atoms with Gasteiger partial charge in [-0.05, 0) is 48.8 Å². The molecule has 0 spiro atoms. The second-order valence-electron chi connectivity index (χ2n) is 9.76. The van der Waals surface area contributed by atoms with Crippen LogP contribution >= 0.6 is 11.3 Å². The van der Waals surface area contributed by atoms with E-state index < -0.39 is 0 Å². The Balaban J connectivity index is 1.40. The number of rotatable bonds is 4. The predicted octanol–water partition coefficient (Wildman–Crippen LogP) is 3.00. The number of ether oxygens (including phenoxy) is 1. The molecule has 1 atom stereocenters. The molecule has 7 nitrogen and oxygen atoms in total. The molecule has 0 N–H and O–H groups in total. The Bertz CT molecular complexity index is 1310. The molecule has 1 fully saturated rings. The normalized spacial score (nSPS) is 20.5. The number of aryl methyl sites for hydroxylation is 1. The largest absolute Gasteiger partial charge is 0.379 e. The second-order valence-corrected chi connectivity index (χ2v) is 10.8. The van der Waals surface area contributed by atoms with Crippen molar-refractivity contribution in [2.75, 3.05) is 37.7 Å². The number of carbonyl (C=O) groups excluding carboxylic acids is 1. The second kappa shape index (κ2) is 8.91. The van der Waals surface area contributed by atoms with Crippen molar-refractivity contribution in [1.29, 1.82) is 0 Å². The van der Waals surface area contributed by atoms with Crippen molar-refractivity contribution < 1.29 is 9.53 Å². The third-order valence-corrected chi connectivity index (χ3v) is 8.59. The first-order chi connectivity index (χ1) is 16.6. The van der Waals surface area contributed by atoms with E-state index in [1.807, 2.05) is 23.1 Å². The Labute approximate surface area is 203 Å². The first-order valence-corrected chi connectivity index (χ1v) is 13.1. The van der Waals surface area contributed by atoms with Gasteiger partial charge in [0.05, 0.1) is 25.1 Å². The SMILES string of the molecule is C[C@@H]1CCc2c(sc3nc(CN4CCOCC4)n(CC(=O)N4CCc5ccccc54)c(=O)c23)C1. The lowest BCUT2D eigenvalue weighted by molar-refractivity contribution is -0.119. The number of carbonyl (C=O) groups is 1. The van der Waals surface area contributed by atoms with Gasteiger partial charge in [-0.15, -0.1) is 11.3 Å². The molecule has 178 valence electrons. The van der Waals surface area contributed by atoms with Gasteiger partial charge in [-0.3, -0.25) is 19.1 Å². The van der Waals surface area contributed by atoms with Gasteiger partial charge in [0.15, 0.2) is 0 Å². The van der Waals surface area contributed by atoms with Crippen LogP contribution in [-0.2, 0) is 41.9 Å². The van der Waals surface area contributed by atoms with Crippen LogP contribution in [0.1, 0.15) is 35.2 Å². The van der Waals surface area contributed by atoms with E-state index in [1.165, 1.54) is 16.0 Å². The van der Waals surface area contributed by atoms with Crippen molar-refractivity contribution in [2.24, 2.45) is 5.92 Å². The van der Waals surface area contributed by atoms with E-state index in [-0.39, 0.29) is 18.0 Å². The van der Waals surface area contributed by atoms with Crippen LogP contribution in [0.5, 0.6) is 0 Å². The van der Waals surface area contributed by atoms with E-state index in [4.69, 9.17) is 9.72 Å². The Morgan fingerprint density at radius 1 is 1.18 bits per heavy atom. The Morgan fingerprint density at radius 2 is 2.00 bits per heavy atom. The van der Waals surface area contributed by atoms with Crippen LogP contribution in [0.4, 0.5) is 5.69 Å². The van der Waals surface area contributed by atoms with Crippen LogP contribution in [0, 0.1) is 5.92 Å². The number of benzene rings is 1. The minimum atomic E-state index is -0.0545. The molecule has 1 aliphatic carbocycles. The molecule has 1 aromatic carbocycles. The predicted molar refractivity (Wildman–Crippen MR) is 134 cm³/mol. The molecule has 2 aromatic heterocycles. The number of aromatic nitrogens is 2. The molecule has 0 radical (unpaired) electrons. The Hall–Kier alpha value is -2.55. The topological polar surface area (TPSA) is 67.7 Å². The van der Waals surface area contributed by atoms with Gasteiger partial charge in [-0.25, -0.2) is 4.98 Å². The standard InChI is InChI=1S/C26H30N4O3S/c1-17-6-7-19-21(14-17)34-25-24(19)26(32)30(22(27-25)15-28-10-12-33-13-11-28)16-23(31)29-9-8-18-4-2-3-5-20(18)29/h2-5,17H,6-16H2,1H3/t17-/m1/s1. The highest BCUT2D eigenvalue weighted by Crippen LogP contribution is 2.36. The third kappa shape index (κ3) is 3.87. The summed E-state index contributed by atoms with van der Waals surface area (Å²) >= 11 is 1.67. The van der Waals surface area contributed by atoms with Gasteiger partial charge in [0.1, 0.15) is 17.2 Å². The lowest BCUT2D eigenvalue weighted by Gasteiger charge is -2.27. The molecule has 2 aliphatic heterocycles. The van der Waals surface area contributed by atoms with E-state index in [0.29, 0.717) is 38.0 Å². The summed E-state index contributed by atoms with van der Waals surface area (Å²) in [7, 11) is 0. The molecular weight excluding hydrogens is 448 g/mol. The highest BCUT2D eigenvalue weighted by atomic mass is 32.1. The zero-order valence-electron chi connectivity index (χ0n) is 19.6. The van der Waals surface area contributed by atoms with Crippen LogP contribution in [0.3, 0.4) is 0 Å². The van der Waals surface area contributed by atoms with Crippen LogP contribution in [0.2, 0.25) is 0 Å². The molecule has 6 rings (SSSR count). The van der Waals surface area contributed by atoms with Crippen molar-refractivity contribution in [2.45, 2.75) is 45.7 Å². The van der Waals surface area contributed by atoms with Gasteiger partial charge in [0.2, 0.25) is 5.91 Å². The minimum absolute atomic E-state index is 0.0246. The minimum Gasteiger partial charge on any atom is -0.379 e. The van der Waals surface area contributed by atoms with Crippen molar-refractivity contribution >= 4 is 33.1 Å². The summed E-state index contributed by atoms with van der Waals surface area (Å²) in [5.41, 5.74) is 3.26. The fraction of sp³-hybridized carbons (Fsp3) is 0.500. The van der Waals surface area contributed by atoms with Gasteiger partial charge >= 0.3 is 0 Å².